The van der Waals surface area contributed by atoms with Crippen LogP contribution in [0.15, 0.2) is 18.2 Å². The Balaban J connectivity index is 2.63. The SMILES string of the molecule is Cc1ccc(-c2nn(C)c(N)c2C(C)C)cc1F. The Hall–Kier alpha value is -1.84. The van der Waals surface area contributed by atoms with Gasteiger partial charge in [-0.2, -0.15) is 5.10 Å². The Labute approximate surface area is 106 Å². The molecule has 1 aromatic heterocycles. The van der Waals surface area contributed by atoms with E-state index in [1.165, 1.54) is 6.07 Å². The number of nitrogen functional groups attached to an aromatic ring is 1. The summed E-state index contributed by atoms with van der Waals surface area (Å²) in [6, 6.07) is 5.16. The maximum Gasteiger partial charge on any atom is 0.126 e. The van der Waals surface area contributed by atoms with Gasteiger partial charge in [0.1, 0.15) is 11.6 Å². The second-order valence-corrected chi connectivity index (χ2v) is 4.89. The molecular formula is C14H18FN3. The molecule has 0 aliphatic rings. The normalized spacial score (nSPS) is 11.2. The van der Waals surface area contributed by atoms with Crippen LogP contribution in [0.5, 0.6) is 0 Å². The number of aryl methyl sites for hydroxylation is 2. The van der Waals surface area contributed by atoms with E-state index in [0.717, 1.165) is 16.8 Å². The first-order valence-electron chi connectivity index (χ1n) is 6.00. The summed E-state index contributed by atoms with van der Waals surface area (Å²) in [4.78, 5) is 0. The number of anilines is 1. The van der Waals surface area contributed by atoms with Crippen molar-refractivity contribution in [1.29, 1.82) is 0 Å². The molecule has 0 saturated carbocycles. The van der Waals surface area contributed by atoms with Crippen molar-refractivity contribution in [2.24, 2.45) is 7.05 Å². The summed E-state index contributed by atoms with van der Waals surface area (Å²) in [5.74, 6) is 0.672. The van der Waals surface area contributed by atoms with E-state index < -0.39 is 0 Å². The highest BCUT2D eigenvalue weighted by Crippen LogP contribution is 2.33. The Kier molecular flexibility index (Phi) is 3.11. The molecule has 0 fully saturated rings. The fraction of sp³-hybridized carbons (Fsp3) is 0.357. The quantitative estimate of drug-likeness (QED) is 0.885. The van der Waals surface area contributed by atoms with E-state index >= 15 is 0 Å². The molecule has 2 aromatic rings. The molecule has 4 heteroatoms. The number of benzene rings is 1. The van der Waals surface area contributed by atoms with Crippen LogP contribution in [-0.4, -0.2) is 9.78 Å². The second kappa shape index (κ2) is 4.44. The summed E-state index contributed by atoms with van der Waals surface area (Å²) in [6.07, 6.45) is 0. The fourth-order valence-electron chi connectivity index (χ4n) is 2.08. The van der Waals surface area contributed by atoms with E-state index in [-0.39, 0.29) is 11.7 Å². The maximum atomic E-state index is 13.6. The molecule has 2 N–H and O–H groups in total. The minimum Gasteiger partial charge on any atom is -0.384 e. The summed E-state index contributed by atoms with van der Waals surface area (Å²) in [6.45, 7) is 5.86. The topological polar surface area (TPSA) is 43.8 Å². The van der Waals surface area contributed by atoms with Gasteiger partial charge in [0.2, 0.25) is 0 Å². The molecule has 1 heterocycles. The van der Waals surface area contributed by atoms with Crippen LogP contribution < -0.4 is 5.73 Å². The molecular weight excluding hydrogens is 229 g/mol. The first-order chi connectivity index (χ1) is 8.41. The third-order valence-corrected chi connectivity index (χ3v) is 3.15. The van der Waals surface area contributed by atoms with Crippen LogP contribution in [0.1, 0.15) is 30.9 Å². The molecule has 0 radical (unpaired) electrons. The van der Waals surface area contributed by atoms with Gasteiger partial charge in [-0.25, -0.2) is 4.39 Å². The second-order valence-electron chi connectivity index (χ2n) is 4.89. The summed E-state index contributed by atoms with van der Waals surface area (Å²) in [5.41, 5.74) is 9.16. The van der Waals surface area contributed by atoms with Crippen LogP contribution in [0.25, 0.3) is 11.3 Å². The highest BCUT2D eigenvalue weighted by atomic mass is 19.1. The molecule has 2 rings (SSSR count). The van der Waals surface area contributed by atoms with Crippen molar-refractivity contribution in [2.75, 3.05) is 5.73 Å². The lowest BCUT2D eigenvalue weighted by Gasteiger charge is -2.07. The van der Waals surface area contributed by atoms with Gasteiger partial charge in [0.25, 0.3) is 0 Å². The van der Waals surface area contributed by atoms with Crippen molar-refractivity contribution in [1.82, 2.24) is 9.78 Å². The van der Waals surface area contributed by atoms with E-state index in [2.05, 4.69) is 18.9 Å². The van der Waals surface area contributed by atoms with E-state index in [0.29, 0.717) is 11.4 Å². The van der Waals surface area contributed by atoms with Crippen molar-refractivity contribution in [2.45, 2.75) is 26.7 Å². The van der Waals surface area contributed by atoms with Gasteiger partial charge in [-0.05, 0) is 24.5 Å². The van der Waals surface area contributed by atoms with Crippen LogP contribution in [0.2, 0.25) is 0 Å². The molecule has 18 heavy (non-hydrogen) atoms. The minimum absolute atomic E-state index is 0.216. The summed E-state index contributed by atoms with van der Waals surface area (Å²) < 4.78 is 15.3. The average Bonchev–Trinajstić information content (AvgIpc) is 2.59. The van der Waals surface area contributed by atoms with E-state index in [1.807, 2.05) is 6.07 Å². The zero-order valence-electron chi connectivity index (χ0n) is 11.2. The van der Waals surface area contributed by atoms with Gasteiger partial charge < -0.3 is 5.73 Å². The van der Waals surface area contributed by atoms with Gasteiger partial charge in [0, 0.05) is 18.2 Å². The molecule has 1 aromatic carbocycles. The van der Waals surface area contributed by atoms with Gasteiger partial charge >= 0.3 is 0 Å². The summed E-state index contributed by atoms with van der Waals surface area (Å²) >= 11 is 0. The van der Waals surface area contributed by atoms with Crippen molar-refractivity contribution < 1.29 is 4.39 Å². The first-order valence-corrected chi connectivity index (χ1v) is 6.00. The third-order valence-electron chi connectivity index (χ3n) is 3.15. The van der Waals surface area contributed by atoms with Gasteiger partial charge in [0.15, 0.2) is 0 Å². The molecule has 0 spiro atoms. The molecule has 96 valence electrons. The standard InChI is InChI=1S/C14H18FN3/c1-8(2)12-13(17-18(4)14(12)16)10-6-5-9(3)11(15)7-10/h5-8H,16H2,1-4H3. The van der Waals surface area contributed by atoms with Crippen LogP contribution in [0.4, 0.5) is 10.2 Å². The molecule has 3 nitrogen and oxygen atoms in total. The summed E-state index contributed by atoms with van der Waals surface area (Å²) in [5, 5.41) is 4.40. The highest BCUT2D eigenvalue weighted by Gasteiger charge is 2.18. The van der Waals surface area contributed by atoms with Crippen molar-refractivity contribution in [3.63, 3.8) is 0 Å². The minimum atomic E-state index is -0.216. The van der Waals surface area contributed by atoms with E-state index in [9.17, 15) is 4.39 Å². The average molecular weight is 247 g/mol. The zero-order chi connectivity index (χ0) is 13.4. The number of rotatable bonds is 2. The number of halogens is 1. The fourth-order valence-corrected chi connectivity index (χ4v) is 2.08. The van der Waals surface area contributed by atoms with Gasteiger partial charge in [-0.3, -0.25) is 4.68 Å². The van der Waals surface area contributed by atoms with Crippen LogP contribution in [0, 0.1) is 12.7 Å². The van der Waals surface area contributed by atoms with Crippen molar-refractivity contribution in [3.8, 4) is 11.3 Å². The van der Waals surface area contributed by atoms with E-state index in [4.69, 9.17) is 5.73 Å². The molecule has 0 bridgehead atoms. The Morgan fingerprint density at radius 3 is 2.56 bits per heavy atom. The Bertz CT molecular complexity index is 585. The molecule has 0 aliphatic heterocycles. The monoisotopic (exact) mass is 247 g/mol. The molecule has 0 unspecified atom stereocenters. The van der Waals surface area contributed by atoms with Crippen molar-refractivity contribution in [3.05, 3.63) is 35.1 Å². The number of hydrogen-bond acceptors (Lipinski definition) is 2. The largest absolute Gasteiger partial charge is 0.384 e. The first kappa shape index (κ1) is 12.6. The van der Waals surface area contributed by atoms with Gasteiger partial charge in [-0.15, -0.1) is 0 Å². The van der Waals surface area contributed by atoms with Gasteiger partial charge in [0.05, 0.1) is 5.69 Å². The zero-order valence-corrected chi connectivity index (χ0v) is 11.2. The van der Waals surface area contributed by atoms with Gasteiger partial charge in [-0.1, -0.05) is 26.0 Å². The number of nitrogens with zero attached hydrogens (tertiary/aromatic N) is 2. The van der Waals surface area contributed by atoms with Crippen LogP contribution >= 0.6 is 0 Å². The predicted octanol–water partition coefficient (Wildman–Crippen LogP) is 3.24. The smallest absolute Gasteiger partial charge is 0.126 e. The number of hydrogen-bond donors (Lipinski definition) is 1. The number of aromatic nitrogens is 2. The Morgan fingerprint density at radius 2 is 2.00 bits per heavy atom. The van der Waals surface area contributed by atoms with Crippen molar-refractivity contribution >= 4 is 5.82 Å². The van der Waals surface area contributed by atoms with Crippen LogP contribution in [-0.2, 0) is 7.05 Å². The molecule has 0 saturated heterocycles. The molecule has 0 aliphatic carbocycles. The predicted molar refractivity (Wildman–Crippen MR) is 71.8 cm³/mol. The van der Waals surface area contributed by atoms with Crippen LogP contribution in [0.3, 0.4) is 0 Å². The lowest BCUT2D eigenvalue weighted by Crippen LogP contribution is -2.00. The highest BCUT2D eigenvalue weighted by molar-refractivity contribution is 5.69. The van der Waals surface area contributed by atoms with E-state index in [1.54, 1.807) is 24.7 Å². The summed E-state index contributed by atoms with van der Waals surface area (Å²) in [7, 11) is 1.80. The third kappa shape index (κ3) is 1.98. The Morgan fingerprint density at radius 1 is 1.33 bits per heavy atom. The molecule has 0 amide bonds. The molecule has 0 atom stereocenters. The number of nitrogens with two attached hydrogens (primary N) is 1. The lowest BCUT2D eigenvalue weighted by molar-refractivity contribution is 0.619. The maximum absolute atomic E-state index is 13.6. The lowest BCUT2D eigenvalue weighted by atomic mass is 9.98.